The van der Waals surface area contributed by atoms with E-state index >= 15 is 0 Å². The van der Waals surface area contributed by atoms with Crippen molar-refractivity contribution in [2.45, 2.75) is 31.3 Å². The van der Waals surface area contributed by atoms with Gasteiger partial charge in [-0.3, -0.25) is 4.79 Å². The van der Waals surface area contributed by atoms with Crippen LogP contribution in [-0.4, -0.2) is 25.2 Å². The van der Waals surface area contributed by atoms with Crippen molar-refractivity contribution in [1.82, 2.24) is 9.62 Å². The highest BCUT2D eigenvalue weighted by molar-refractivity contribution is 7.89. The minimum atomic E-state index is -3.97. The van der Waals surface area contributed by atoms with E-state index in [1.54, 1.807) is 55.5 Å². The zero-order chi connectivity index (χ0) is 23.3. The highest BCUT2D eigenvalue weighted by Gasteiger charge is 2.28. The molecule has 0 saturated heterocycles. The molecule has 0 saturated carbocycles. The van der Waals surface area contributed by atoms with Gasteiger partial charge in [-0.25, -0.2) is 12.8 Å². The summed E-state index contributed by atoms with van der Waals surface area (Å²) in [6.07, 6.45) is 0. The van der Waals surface area contributed by atoms with E-state index in [0.717, 1.165) is 9.87 Å². The second-order valence-corrected chi connectivity index (χ2v) is 9.86. The maximum atomic E-state index is 13.3. The number of carbonyl (C=O) groups is 1. The van der Waals surface area contributed by atoms with Gasteiger partial charge in [0, 0.05) is 11.6 Å². The normalized spacial score (nSPS) is 12.5. The maximum absolute atomic E-state index is 13.3. The van der Waals surface area contributed by atoms with Gasteiger partial charge in [0.1, 0.15) is 5.82 Å². The fourth-order valence-corrected chi connectivity index (χ4v) is 4.75. The molecule has 1 amide bonds. The van der Waals surface area contributed by atoms with Crippen LogP contribution in [0.15, 0.2) is 77.7 Å². The van der Waals surface area contributed by atoms with E-state index in [9.17, 15) is 17.6 Å². The van der Waals surface area contributed by atoms with Crippen LogP contribution in [0.1, 0.15) is 29.7 Å². The minimum Gasteiger partial charge on any atom is -0.348 e. The van der Waals surface area contributed by atoms with Gasteiger partial charge < -0.3 is 5.32 Å². The molecule has 0 aromatic heterocycles. The summed E-state index contributed by atoms with van der Waals surface area (Å²) in [5.41, 5.74) is 2.22. The molecule has 1 N–H and O–H groups in total. The monoisotopic (exact) mass is 474 g/mol. The molecular weight excluding hydrogens is 451 g/mol. The van der Waals surface area contributed by atoms with Crippen molar-refractivity contribution in [2.24, 2.45) is 0 Å². The van der Waals surface area contributed by atoms with Gasteiger partial charge in [-0.15, -0.1) is 0 Å². The van der Waals surface area contributed by atoms with Crippen LogP contribution in [0.3, 0.4) is 0 Å². The average Bonchev–Trinajstić information content (AvgIpc) is 2.75. The van der Waals surface area contributed by atoms with Gasteiger partial charge in [0.15, 0.2) is 0 Å². The molecule has 3 rings (SSSR count). The summed E-state index contributed by atoms with van der Waals surface area (Å²) in [6.45, 7) is 3.15. The first-order valence-corrected chi connectivity index (χ1v) is 11.8. The Labute approximate surface area is 192 Å². The predicted molar refractivity (Wildman–Crippen MR) is 123 cm³/mol. The summed E-state index contributed by atoms with van der Waals surface area (Å²) in [6, 6.07) is 18.7. The Hall–Kier alpha value is -2.74. The molecule has 0 fully saturated rings. The number of rotatable bonds is 8. The molecular formula is C24H24ClFN2O3S. The maximum Gasteiger partial charge on any atom is 0.243 e. The third kappa shape index (κ3) is 5.94. The first-order chi connectivity index (χ1) is 15.2. The van der Waals surface area contributed by atoms with Crippen LogP contribution in [0.4, 0.5) is 4.39 Å². The van der Waals surface area contributed by atoms with Crippen molar-refractivity contribution in [1.29, 1.82) is 0 Å². The lowest BCUT2D eigenvalue weighted by atomic mass is 10.1. The van der Waals surface area contributed by atoms with Crippen molar-refractivity contribution in [3.63, 3.8) is 0 Å². The molecule has 0 heterocycles. The molecule has 32 heavy (non-hydrogen) atoms. The molecule has 1 unspecified atom stereocenters. The summed E-state index contributed by atoms with van der Waals surface area (Å²) in [7, 11) is -3.97. The lowest BCUT2D eigenvalue weighted by molar-refractivity contribution is -0.122. The molecule has 3 aromatic rings. The van der Waals surface area contributed by atoms with E-state index in [4.69, 9.17) is 11.6 Å². The van der Waals surface area contributed by atoms with Crippen molar-refractivity contribution < 1.29 is 17.6 Å². The smallest absolute Gasteiger partial charge is 0.243 e. The molecule has 0 bridgehead atoms. The Morgan fingerprint density at radius 3 is 2.28 bits per heavy atom. The van der Waals surface area contributed by atoms with Gasteiger partial charge >= 0.3 is 0 Å². The molecule has 0 spiro atoms. The highest BCUT2D eigenvalue weighted by Crippen LogP contribution is 2.23. The molecule has 3 aromatic carbocycles. The molecule has 1 atom stereocenters. The molecule has 0 aliphatic rings. The summed E-state index contributed by atoms with van der Waals surface area (Å²) in [5, 5.41) is 3.19. The molecule has 0 radical (unpaired) electrons. The number of sulfonamides is 1. The van der Waals surface area contributed by atoms with Crippen LogP contribution >= 0.6 is 11.6 Å². The molecule has 5 nitrogen and oxygen atoms in total. The SMILES string of the molecule is Cc1ccc(S(=O)(=O)N(CC(=O)NC(C)c2ccc(F)cc2)Cc2ccccc2Cl)cc1. The lowest BCUT2D eigenvalue weighted by Gasteiger charge is -2.24. The summed E-state index contributed by atoms with van der Waals surface area (Å²) < 4.78 is 41.0. The number of hydrogen-bond acceptors (Lipinski definition) is 3. The Morgan fingerprint density at radius 1 is 1.03 bits per heavy atom. The lowest BCUT2D eigenvalue weighted by Crippen LogP contribution is -2.41. The van der Waals surface area contributed by atoms with Crippen molar-refractivity contribution in [2.75, 3.05) is 6.54 Å². The van der Waals surface area contributed by atoms with Crippen LogP contribution in [-0.2, 0) is 21.4 Å². The molecule has 168 valence electrons. The molecule has 0 aliphatic carbocycles. The van der Waals surface area contributed by atoms with E-state index in [-0.39, 0.29) is 17.3 Å². The summed E-state index contributed by atoms with van der Waals surface area (Å²) >= 11 is 6.25. The predicted octanol–water partition coefficient (Wildman–Crippen LogP) is 4.86. The van der Waals surface area contributed by atoms with E-state index in [2.05, 4.69) is 5.32 Å². The van der Waals surface area contributed by atoms with Gasteiger partial charge in [-0.05, 0) is 55.3 Å². The third-order valence-corrected chi connectivity index (χ3v) is 7.21. The van der Waals surface area contributed by atoms with Crippen LogP contribution < -0.4 is 5.32 Å². The third-order valence-electron chi connectivity index (χ3n) is 5.03. The zero-order valence-corrected chi connectivity index (χ0v) is 19.3. The van der Waals surface area contributed by atoms with E-state index < -0.39 is 28.5 Å². The van der Waals surface area contributed by atoms with Crippen LogP contribution in [0.5, 0.6) is 0 Å². The second-order valence-electron chi connectivity index (χ2n) is 7.52. The van der Waals surface area contributed by atoms with E-state index in [1.165, 1.54) is 24.3 Å². The van der Waals surface area contributed by atoms with Crippen molar-refractivity contribution in [3.05, 3.63) is 100 Å². The second kappa shape index (κ2) is 10.3. The van der Waals surface area contributed by atoms with Crippen molar-refractivity contribution >= 4 is 27.5 Å². The largest absolute Gasteiger partial charge is 0.348 e. The Morgan fingerprint density at radius 2 is 1.66 bits per heavy atom. The number of carbonyl (C=O) groups excluding carboxylic acids is 1. The summed E-state index contributed by atoms with van der Waals surface area (Å²) in [5.74, 6) is -0.855. The quantitative estimate of drug-likeness (QED) is 0.507. The minimum absolute atomic E-state index is 0.0613. The Balaban J connectivity index is 1.84. The summed E-state index contributed by atoms with van der Waals surface area (Å²) in [4.78, 5) is 12.9. The molecule has 8 heteroatoms. The van der Waals surface area contributed by atoms with Gasteiger partial charge in [0.05, 0.1) is 17.5 Å². The average molecular weight is 475 g/mol. The van der Waals surface area contributed by atoms with E-state index in [0.29, 0.717) is 16.1 Å². The number of amides is 1. The fourth-order valence-electron chi connectivity index (χ4n) is 3.18. The number of hydrogen-bond donors (Lipinski definition) is 1. The molecule has 0 aliphatic heterocycles. The van der Waals surface area contributed by atoms with Crippen LogP contribution in [0.25, 0.3) is 0 Å². The standard InChI is InChI=1S/C24H24ClFN2O3S/c1-17-7-13-22(14-8-17)32(30,31)28(15-20-5-3-4-6-23(20)25)16-24(29)27-18(2)19-9-11-21(26)12-10-19/h3-14,18H,15-16H2,1-2H3,(H,27,29). The van der Waals surface area contributed by atoms with Crippen LogP contribution in [0, 0.1) is 12.7 Å². The topological polar surface area (TPSA) is 66.5 Å². The van der Waals surface area contributed by atoms with Gasteiger partial charge in [0.25, 0.3) is 0 Å². The fraction of sp³-hybridized carbons (Fsp3) is 0.208. The number of halogens is 2. The number of nitrogens with one attached hydrogen (secondary N) is 1. The number of aryl methyl sites for hydroxylation is 1. The number of benzene rings is 3. The van der Waals surface area contributed by atoms with Crippen molar-refractivity contribution in [3.8, 4) is 0 Å². The van der Waals surface area contributed by atoms with Gasteiger partial charge in [0.2, 0.25) is 15.9 Å². The van der Waals surface area contributed by atoms with Crippen LogP contribution in [0.2, 0.25) is 5.02 Å². The van der Waals surface area contributed by atoms with E-state index in [1.807, 2.05) is 6.92 Å². The highest BCUT2D eigenvalue weighted by atomic mass is 35.5. The number of nitrogens with zero attached hydrogens (tertiary/aromatic N) is 1. The van der Waals surface area contributed by atoms with Gasteiger partial charge in [-0.1, -0.05) is 59.6 Å². The first kappa shape index (κ1) is 23.9. The Kier molecular flexibility index (Phi) is 7.66. The Bertz CT molecular complexity index is 1180. The first-order valence-electron chi connectivity index (χ1n) is 10.0. The zero-order valence-electron chi connectivity index (χ0n) is 17.8. The van der Waals surface area contributed by atoms with Gasteiger partial charge in [-0.2, -0.15) is 4.31 Å².